The minimum Gasteiger partial charge on any atom is -0.508 e. The van der Waals surface area contributed by atoms with Gasteiger partial charge in [-0.2, -0.15) is 0 Å². The summed E-state index contributed by atoms with van der Waals surface area (Å²) in [6.45, 7) is 13.5. The van der Waals surface area contributed by atoms with Crippen LogP contribution in [0, 0.1) is 11.3 Å². The third-order valence-electron chi connectivity index (χ3n) is 13.0. The van der Waals surface area contributed by atoms with Crippen molar-refractivity contribution in [2.45, 2.75) is 104 Å². The number of amides is 3. The Hall–Kier alpha value is -6.09. The molecular weight excluding hydrogens is 835 g/mol. The third kappa shape index (κ3) is 10.2. The highest BCUT2D eigenvalue weighted by Crippen LogP contribution is 2.42. The number of hydrazine groups is 1. The molecule has 0 aliphatic carbocycles. The average Bonchev–Trinajstić information content (AvgIpc) is 3.60. The Morgan fingerprint density at radius 2 is 1.82 bits per heavy atom. The lowest BCUT2D eigenvalue weighted by Crippen LogP contribution is -2.62. The number of likely N-dealkylation sites (N-methyl/N-ethyl adjacent to an activating group) is 1. The first-order valence-electron chi connectivity index (χ1n) is 23.1. The molecule has 3 amide bonds. The number of nitrogens with two attached hydrogens (primary N) is 1. The molecule has 5 N–H and O–H groups in total. The Morgan fingerprint density at radius 1 is 1.06 bits per heavy atom. The van der Waals surface area contributed by atoms with Crippen LogP contribution >= 0.6 is 0 Å². The molecule has 4 atom stereocenters. The second-order valence-electron chi connectivity index (χ2n) is 18.9. The summed E-state index contributed by atoms with van der Waals surface area (Å²) in [6.07, 6.45) is 3.69. The van der Waals surface area contributed by atoms with Crippen LogP contribution in [0.2, 0.25) is 0 Å². The van der Waals surface area contributed by atoms with E-state index in [2.05, 4.69) is 54.3 Å². The Labute approximate surface area is 387 Å². The average molecular weight is 900 g/mol. The predicted molar refractivity (Wildman–Crippen MR) is 255 cm³/mol. The Kier molecular flexibility index (Phi) is 14.6. The maximum atomic E-state index is 14.7. The topological polar surface area (TPSA) is 181 Å². The van der Waals surface area contributed by atoms with Crippen molar-refractivity contribution in [2.75, 3.05) is 33.9 Å². The number of methoxy groups -OCH3 is 1. The molecule has 14 nitrogen and oxygen atoms in total. The first kappa shape index (κ1) is 47.9. The van der Waals surface area contributed by atoms with E-state index in [0.29, 0.717) is 49.9 Å². The van der Waals surface area contributed by atoms with E-state index in [4.69, 9.17) is 20.2 Å². The van der Waals surface area contributed by atoms with Crippen molar-refractivity contribution in [1.29, 1.82) is 0 Å². The lowest BCUT2D eigenvalue weighted by Gasteiger charge is -2.36. The molecule has 2 aliphatic rings. The largest absolute Gasteiger partial charge is 0.508 e. The quantitative estimate of drug-likeness (QED) is 0.104. The molecule has 0 saturated carbocycles. The number of benzene rings is 3. The van der Waals surface area contributed by atoms with E-state index >= 15 is 0 Å². The predicted octanol–water partition coefficient (Wildman–Crippen LogP) is 6.75. The van der Waals surface area contributed by atoms with Crippen molar-refractivity contribution in [3.8, 4) is 28.1 Å². The number of cyclic esters (lactones) is 1. The van der Waals surface area contributed by atoms with E-state index in [0.717, 1.165) is 50.1 Å². The number of carbonyl (C=O) groups is 4. The van der Waals surface area contributed by atoms with Gasteiger partial charge in [0.15, 0.2) is 0 Å². The first-order chi connectivity index (χ1) is 31.5. The second kappa shape index (κ2) is 20.2. The molecule has 66 heavy (non-hydrogen) atoms. The fraction of sp³-hybridized carbons (Fsp3) is 0.442. The molecule has 14 heteroatoms. The second-order valence-corrected chi connectivity index (χ2v) is 18.9. The van der Waals surface area contributed by atoms with Crippen molar-refractivity contribution in [1.82, 2.24) is 30.2 Å². The van der Waals surface area contributed by atoms with Gasteiger partial charge in [-0.25, -0.2) is 5.43 Å². The molecule has 0 unspecified atom stereocenters. The smallest absolute Gasteiger partial charge is 0.324 e. The minimum atomic E-state index is -1.15. The summed E-state index contributed by atoms with van der Waals surface area (Å²) >= 11 is 0. The lowest BCUT2D eigenvalue weighted by atomic mass is 9.84. The van der Waals surface area contributed by atoms with E-state index in [1.165, 1.54) is 9.91 Å². The maximum absolute atomic E-state index is 14.7. The van der Waals surface area contributed by atoms with E-state index in [9.17, 15) is 24.3 Å². The normalized spacial score (nSPS) is 18.7. The van der Waals surface area contributed by atoms with Gasteiger partial charge in [-0.05, 0) is 128 Å². The summed E-state index contributed by atoms with van der Waals surface area (Å²) in [5, 5.41) is 16.7. The number of rotatable bonds is 11. The highest BCUT2D eigenvalue weighted by Gasteiger charge is 2.38. The zero-order valence-electron chi connectivity index (χ0n) is 39.5. The van der Waals surface area contributed by atoms with Crippen molar-refractivity contribution in [3.05, 3.63) is 107 Å². The van der Waals surface area contributed by atoms with E-state index < -0.39 is 41.3 Å². The Bertz CT molecular complexity index is 2590. The van der Waals surface area contributed by atoms with Crippen molar-refractivity contribution in [2.24, 2.45) is 17.1 Å². The van der Waals surface area contributed by atoms with Crippen LogP contribution in [-0.2, 0) is 49.7 Å². The Morgan fingerprint density at radius 3 is 2.52 bits per heavy atom. The third-order valence-corrected chi connectivity index (χ3v) is 13.0. The molecule has 2 aromatic heterocycles. The van der Waals surface area contributed by atoms with Crippen LogP contribution in [-0.4, -0.2) is 100 Å². The number of carbonyl (C=O) groups excluding carboxylic acids is 4. The zero-order valence-corrected chi connectivity index (χ0v) is 39.5. The molecule has 1 fully saturated rings. The number of fused-ring (bicyclic) bond motifs is 6. The number of nitrogens with zero attached hydrogens (tertiary/aromatic N) is 4. The monoisotopic (exact) mass is 899 g/mol. The summed E-state index contributed by atoms with van der Waals surface area (Å²) in [7, 11) is 3.26. The molecule has 2 aliphatic heterocycles. The molecule has 0 spiro atoms. The molecule has 350 valence electrons. The number of phenolic OH excluding ortho intramolecular Hbond substituents is 1. The molecular formula is C52H65N7O7. The summed E-state index contributed by atoms with van der Waals surface area (Å²) < 4.78 is 14.2. The van der Waals surface area contributed by atoms with Gasteiger partial charge in [-0.3, -0.25) is 29.2 Å². The van der Waals surface area contributed by atoms with Gasteiger partial charge >= 0.3 is 5.97 Å². The number of nitrogens with one attached hydrogen (secondary N) is 2. The number of phenols is 1. The van der Waals surface area contributed by atoms with Crippen molar-refractivity contribution < 1.29 is 33.8 Å². The number of aryl methyl sites for hydroxylation is 1. The minimum absolute atomic E-state index is 0.00182. The van der Waals surface area contributed by atoms with Gasteiger partial charge in [-0.15, -0.1) is 0 Å². The number of hydrogen-bond donors (Lipinski definition) is 4. The molecule has 4 heterocycles. The van der Waals surface area contributed by atoms with Gasteiger partial charge in [0.05, 0.1) is 24.1 Å². The molecule has 0 radical (unpaired) electrons. The number of pyridine rings is 1. The number of ether oxygens (including phenoxy) is 2. The van der Waals surface area contributed by atoms with E-state index in [-0.39, 0.29) is 43.3 Å². The summed E-state index contributed by atoms with van der Waals surface area (Å²) in [4.78, 5) is 63.2. The van der Waals surface area contributed by atoms with Gasteiger partial charge in [-0.1, -0.05) is 52.0 Å². The van der Waals surface area contributed by atoms with Gasteiger partial charge in [0.2, 0.25) is 5.91 Å². The standard InChI is InChI=1S/C52H65N7O7/c1-9-58-44-19-18-36-28-40(44)41(47(58)39-12-10-22-54-45(39)32(4)65-8)29-52(5,6)30-66-51(64)42-13-11-23-59(56-42)50(63)43(26-34-24-37(36)27-38(60)25-34)55-48(61)46(31(2)3)57(7)49(62)35-16-14-33(15-17-35)20-21-53/h10,12,14-19,22,24-25,27-28,31-32,42-43,46,56,60H,9,11,13,20-21,23,26,29-30,53H2,1-8H3,(H,55,61)/t32-,42-,43-,46-/m0/s1. The highest BCUT2D eigenvalue weighted by molar-refractivity contribution is 5.99. The van der Waals surface area contributed by atoms with Crippen LogP contribution in [0.25, 0.3) is 33.3 Å². The van der Waals surface area contributed by atoms with Crippen LogP contribution in [0.3, 0.4) is 0 Å². The number of aromatic nitrogens is 2. The summed E-state index contributed by atoms with van der Waals surface area (Å²) in [5.41, 5.74) is 16.8. The number of aromatic hydroxyl groups is 1. The molecule has 7 rings (SSSR count). The van der Waals surface area contributed by atoms with Crippen LogP contribution in [0.4, 0.5) is 0 Å². The van der Waals surface area contributed by atoms with Gasteiger partial charge < -0.3 is 35.1 Å². The number of esters is 1. The molecule has 3 aromatic carbocycles. The molecule has 1 saturated heterocycles. The van der Waals surface area contributed by atoms with Crippen molar-refractivity contribution >= 4 is 34.6 Å². The van der Waals surface area contributed by atoms with Gasteiger partial charge in [0.1, 0.15) is 23.9 Å². The van der Waals surface area contributed by atoms with Crippen LogP contribution in [0.1, 0.15) is 93.2 Å². The molecule has 5 aromatic rings. The van der Waals surface area contributed by atoms with Gasteiger partial charge in [0, 0.05) is 67.3 Å². The SMILES string of the molecule is CCn1c(-c2cccnc2[C@H](C)OC)c2c3cc(ccc31)-c1cc(O)cc(c1)C[C@H](NC(=O)[C@H](C(C)C)N(C)C(=O)c1ccc(CCN)cc1)C(=O)N1CCC[C@H](N1)C(=O)OCC(C)(C)C2. The Balaban J connectivity index is 1.32. The number of hydrogen-bond acceptors (Lipinski definition) is 10. The summed E-state index contributed by atoms with van der Waals surface area (Å²) in [6, 6.07) is 19.8. The zero-order chi connectivity index (χ0) is 47.4. The van der Waals surface area contributed by atoms with E-state index in [1.54, 1.807) is 44.6 Å². The van der Waals surface area contributed by atoms with E-state index in [1.807, 2.05) is 51.1 Å². The lowest BCUT2D eigenvalue weighted by molar-refractivity contribution is -0.155. The fourth-order valence-electron chi connectivity index (χ4n) is 9.56. The van der Waals surface area contributed by atoms with Crippen LogP contribution in [0.5, 0.6) is 5.75 Å². The van der Waals surface area contributed by atoms with Gasteiger partial charge in [0.25, 0.3) is 11.8 Å². The van der Waals surface area contributed by atoms with Crippen LogP contribution in [0.15, 0.2) is 79.0 Å². The van der Waals surface area contributed by atoms with Crippen molar-refractivity contribution in [3.63, 3.8) is 0 Å². The first-order valence-corrected chi connectivity index (χ1v) is 23.1. The summed E-state index contributed by atoms with van der Waals surface area (Å²) in [5.74, 6) is -2.12. The molecule has 6 bridgehead atoms. The van der Waals surface area contributed by atoms with Crippen LogP contribution < -0.4 is 16.5 Å². The maximum Gasteiger partial charge on any atom is 0.324 e. The fourth-order valence-corrected chi connectivity index (χ4v) is 9.56. The highest BCUT2D eigenvalue weighted by atomic mass is 16.5.